The van der Waals surface area contributed by atoms with Gasteiger partial charge in [0.05, 0.1) is 7.11 Å². The molecule has 0 spiro atoms. The molecule has 0 heterocycles. The summed E-state index contributed by atoms with van der Waals surface area (Å²) in [6, 6.07) is 7.96. The average Bonchev–Trinajstić information content (AvgIpc) is 1.90. The molecule has 0 radical (unpaired) electrons. The number of benzene rings is 1. The Kier molecular flexibility index (Phi) is 1.73. The largest absolute Gasteiger partial charge is 0.497 e. The van der Waals surface area contributed by atoms with Crippen molar-refractivity contribution in [1.29, 1.82) is 0 Å². The third-order valence-corrected chi connectivity index (χ3v) is 1.26. The van der Waals surface area contributed by atoms with Crippen LogP contribution in [0, 0.1) is 6.92 Å². The van der Waals surface area contributed by atoms with E-state index in [4.69, 9.17) is 4.74 Å². The fraction of sp³-hybridized carbons (Fsp3) is 0.250. The van der Waals surface area contributed by atoms with Crippen molar-refractivity contribution in [1.82, 2.24) is 0 Å². The molecule has 0 fully saturated rings. The third kappa shape index (κ3) is 1.46. The first-order valence-electron chi connectivity index (χ1n) is 2.93. The topological polar surface area (TPSA) is 9.23 Å². The number of hydrogen-bond donors (Lipinski definition) is 0. The maximum atomic E-state index is 4.97. The molecule has 1 aromatic carbocycles. The Labute approximate surface area is 56.8 Å². The second-order valence-corrected chi connectivity index (χ2v) is 2.02. The molecular formula is C8H12O. The maximum Gasteiger partial charge on any atom is 0.118 e. The molecule has 0 unspecified atom stereocenters. The molecule has 1 aromatic rings. The fourth-order valence-corrected chi connectivity index (χ4v) is 0.674. The lowest BCUT2D eigenvalue weighted by Crippen LogP contribution is -1.80. The van der Waals surface area contributed by atoms with Crippen LogP contribution >= 0.6 is 0 Å². The monoisotopic (exact) mass is 124 g/mol. The van der Waals surface area contributed by atoms with E-state index in [-0.39, 0.29) is 1.43 Å². The van der Waals surface area contributed by atoms with Crippen LogP contribution in [0.15, 0.2) is 24.3 Å². The Balaban J connectivity index is 0.000000810. The standard InChI is InChI=1S/C8H10O.H2/c1-7-3-5-8(9-2)6-4-7;/h3-6H,1-2H3;1H. The molecule has 0 N–H and O–H groups in total. The molecule has 0 saturated carbocycles. The molecule has 50 valence electrons. The summed E-state index contributed by atoms with van der Waals surface area (Å²) < 4.78 is 4.97. The van der Waals surface area contributed by atoms with Gasteiger partial charge in [0.15, 0.2) is 0 Å². The van der Waals surface area contributed by atoms with Crippen LogP contribution in [0.1, 0.15) is 6.99 Å². The van der Waals surface area contributed by atoms with Crippen LogP contribution in [0.3, 0.4) is 0 Å². The van der Waals surface area contributed by atoms with Crippen molar-refractivity contribution in [3.8, 4) is 5.75 Å². The summed E-state index contributed by atoms with van der Waals surface area (Å²) in [5.74, 6) is 0.917. The Morgan fingerprint density at radius 3 is 2.22 bits per heavy atom. The predicted octanol–water partition coefficient (Wildman–Crippen LogP) is 2.25. The molecule has 0 aliphatic carbocycles. The summed E-state index contributed by atoms with van der Waals surface area (Å²) in [6.07, 6.45) is 0. The highest BCUT2D eigenvalue weighted by Crippen LogP contribution is 2.09. The Morgan fingerprint density at radius 1 is 1.22 bits per heavy atom. The normalized spacial score (nSPS) is 9.11. The van der Waals surface area contributed by atoms with Crippen LogP contribution in [-0.4, -0.2) is 7.11 Å². The molecule has 1 heteroatoms. The number of aryl methyl sites for hydroxylation is 1. The Hall–Kier alpha value is -0.980. The molecule has 0 atom stereocenters. The van der Waals surface area contributed by atoms with E-state index in [1.54, 1.807) is 7.11 Å². The summed E-state index contributed by atoms with van der Waals surface area (Å²) >= 11 is 0. The summed E-state index contributed by atoms with van der Waals surface area (Å²) in [5, 5.41) is 0. The van der Waals surface area contributed by atoms with E-state index in [2.05, 4.69) is 6.92 Å². The molecule has 9 heavy (non-hydrogen) atoms. The van der Waals surface area contributed by atoms with Gasteiger partial charge in [0.2, 0.25) is 0 Å². The van der Waals surface area contributed by atoms with Crippen LogP contribution < -0.4 is 4.74 Å². The molecular weight excluding hydrogens is 112 g/mol. The first-order valence-corrected chi connectivity index (χ1v) is 2.93. The Morgan fingerprint density at radius 2 is 1.78 bits per heavy atom. The lowest BCUT2D eigenvalue weighted by Gasteiger charge is -1.97. The van der Waals surface area contributed by atoms with Crippen molar-refractivity contribution in [2.24, 2.45) is 0 Å². The SMILES string of the molecule is COc1ccc(C)cc1.[HH]. The maximum absolute atomic E-state index is 4.97. The highest BCUT2D eigenvalue weighted by atomic mass is 16.5. The predicted molar refractivity (Wildman–Crippen MR) is 39.8 cm³/mol. The molecule has 0 amide bonds. The lowest BCUT2D eigenvalue weighted by atomic mass is 10.2. The first kappa shape index (κ1) is 6.14. The van der Waals surface area contributed by atoms with Crippen molar-refractivity contribution in [2.45, 2.75) is 6.92 Å². The summed E-state index contributed by atoms with van der Waals surface area (Å²) in [6.45, 7) is 2.06. The smallest absolute Gasteiger partial charge is 0.118 e. The van der Waals surface area contributed by atoms with E-state index in [1.807, 2.05) is 24.3 Å². The van der Waals surface area contributed by atoms with Crippen LogP contribution in [0.5, 0.6) is 5.75 Å². The highest BCUT2D eigenvalue weighted by molar-refractivity contribution is 5.25. The number of methoxy groups -OCH3 is 1. The molecule has 0 aromatic heterocycles. The van der Waals surface area contributed by atoms with E-state index < -0.39 is 0 Å². The van der Waals surface area contributed by atoms with Crippen molar-refractivity contribution < 1.29 is 6.16 Å². The zero-order chi connectivity index (χ0) is 6.69. The average molecular weight is 124 g/mol. The van der Waals surface area contributed by atoms with Gasteiger partial charge in [-0.05, 0) is 19.1 Å². The van der Waals surface area contributed by atoms with Gasteiger partial charge in [-0.15, -0.1) is 0 Å². The summed E-state index contributed by atoms with van der Waals surface area (Å²) in [4.78, 5) is 0. The number of ether oxygens (including phenoxy) is 1. The molecule has 0 bridgehead atoms. The van der Waals surface area contributed by atoms with E-state index in [9.17, 15) is 0 Å². The second-order valence-electron chi connectivity index (χ2n) is 2.02. The van der Waals surface area contributed by atoms with Crippen molar-refractivity contribution >= 4 is 0 Å². The second kappa shape index (κ2) is 2.53. The third-order valence-electron chi connectivity index (χ3n) is 1.26. The molecule has 0 saturated heterocycles. The van der Waals surface area contributed by atoms with Gasteiger partial charge in [-0.25, -0.2) is 0 Å². The van der Waals surface area contributed by atoms with Crippen LogP contribution in [0.4, 0.5) is 0 Å². The minimum Gasteiger partial charge on any atom is -0.497 e. The minimum atomic E-state index is 0. The summed E-state index contributed by atoms with van der Waals surface area (Å²) in [7, 11) is 1.67. The van der Waals surface area contributed by atoms with E-state index in [1.165, 1.54) is 5.56 Å². The van der Waals surface area contributed by atoms with Gasteiger partial charge in [-0.1, -0.05) is 17.7 Å². The van der Waals surface area contributed by atoms with Gasteiger partial charge in [-0.2, -0.15) is 0 Å². The zero-order valence-corrected chi connectivity index (χ0v) is 5.72. The molecule has 1 nitrogen and oxygen atoms in total. The van der Waals surface area contributed by atoms with Gasteiger partial charge in [0.25, 0.3) is 0 Å². The molecule has 0 aliphatic heterocycles. The van der Waals surface area contributed by atoms with Crippen molar-refractivity contribution in [3.63, 3.8) is 0 Å². The molecule has 0 aliphatic rings. The van der Waals surface area contributed by atoms with Crippen LogP contribution in [0.2, 0.25) is 0 Å². The van der Waals surface area contributed by atoms with Crippen LogP contribution in [0.25, 0.3) is 0 Å². The van der Waals surface area contributed by atoms with Crippen LogP contribution in [-0.2, 0) is 0 Å². The molecule has 1 rings (SSSR count). The van der Waals surface area contributed by atoms with Crippen molar-refractivity contribution in [3.05, 3.63) is 29.8 Å². The first-order chi connectivity index (χ1) is 4.33. The number of hydrogen-bond acceptors (Lipinski definition) is 1. The van der Waals surface area contributed by atoms with Crippen molar-refractivity contribution in [2.75, 3.05) is 7.11 Å². The van der Waals surface area contributed by atoms with E-state index in [0.29, 0.717) is 0 Å². The van der Waals surface area contributed by atoms with Gasteiger partial charge in [0, 0.05) is 1.43 Å². The van der Waals surface area contributed by atoms with E-state index in [0.717, 1.165) is 5.75 Å². The Bertz CT molecular complexity index is 181. The lowest BCUT2D eigenvalue weighted by molar-refractivity contribution is 0.414. The zero-order valence-electron chi connectivity index (χ0n) is 5.72. The van der Waals surface area contributed by atoms with Gasteiger partial charge < -0.3 is 4.74 Å². The quantitative estimate of drug-likeness (QED) is 0.558. The highest BCUT2D eigenvalue weighted by Gasteiger charge is 1.85. The van der Waals surface area contributed by atoms with E-state index >= 15 is 0 Å². The number of rotatable bonds is 1. The van der Waals surface area contributed by atoms with Gasteiger partial charge in [0.1, 0.15) is 5.75 Å². The fourth-order valence-electron chi connectivity index (χ4n) is 0.674. The minimum absolute atomic E-state index is 0. The van der Waals surface area contributed by atoms with Gasteiger partial charge in [-0.3, -0.25) is 0 Å². The van der Waals surface area contributed by atoms with Gasteiger partial charge >= 0.3 is 0 Å². The summed E-state index contributed by atoms with van der Waals surface area (Å²) in [5.41, 5.74) is 1.26.